The number of rotatable bonds is 5. The zero-order valence-corrected chi connectivity index (χ0v) is 13.3. The molecule has 0 aliphatic carbocycles. The van der Waals surface area contributed by atoms with Crippen molar-refractivity contribution in [1.82, 2.24) is 4.90 Å². The highest BCUT2D eigenvalue weighted by Gasteiger charge is 2.24. The molecule has 5 heteroatoms. The molecule has 2 aliphatic rings. The van der Waals surface area contributed by atoms with Gasteiger partial charge in [0.15, 0.2) is 11.5 Å². The van der Waals surface area contributed by atoms with Crippen LogP contribution in [-0.4, -0.2) is 43.8 Å². The van der Waals surface area contributed by atoms with E-state index in [1.54, 1.807) is 0 Å². The first kappa shape index (κ1) is 15.2. The van der Waals surface area contributed by atoms with Crippen molar-refractivity contribution >= 4 is 5.91 Å². The minimum absolute atomic E-state index is 0.323. The number of fused-ring (bicyclic) bond motifs is 1. The lowest BCUT2D eigenvalue weighted by Crippen LogP contribution is -3.13. The summed E-state index contributed by atoms with van der Waals surface area (Å²) in [6.07, 6.45) is 2.79. The van der Waals surface area contributed by atoms with Crippen LogP contribution in [0.1, 0.15) is 31.7 Å². The summed E-state index contributed by atoms with van der Waals surface area (Å²) in [5.74, 6) is 2.01. The summed E-state index contributed by atoms with van der Waals surface area (Å²) in [5.41, 5.74) is 1.27. The third kappa shape index (κ3) is 3.53. The summed E-state index contributed by atoms with van der Waals surface area (Å²) in [6.45, 7) is 7.22. The van der Waals surface area contributed by atoms with Crippen molar-refractivity contribution in [2.75, 3.05) is 33.0 Å². The number of ether oxygens (including phenoxy) is 2. The maximum Gasteiger partial charge on any atom is 0.231 e. The molecule has 0 radical (unpaired) electrons. The van der Waals surface area contributed by atoms with Gasteiger partial charge >= 0.3 is 0 Å². The molecular formula is C17H25N2O3+. The van der Waals surface area contributed by atoms with E-state index in [0.29, 0.717) is 19.1 Å². The van der Waals surface area contributed by atoms with Gasteiger partial charge in [-0.1, -0.05) is 13.3 Å². The van der Waals surface area contributed by atoms with Gasteiger partial charge in [0, 0.05) is 12.0 Å². The Morgan fingerprint density at radius 1 is 1.23 bits per heavy atom. The molecule has 1 amide bonds. The second-order valence-electron chi connectivity index (χ2n) is 6.10. The summed E-state index contributed by atoms with van der Waals surface area (Å²) in [7, 11) is 0. The Morgan fingerprint density at radius 3 is 2.77 bits per heavy atom. The van der Waals surface area contributed by atoms with Gasteiger partial charge in [-0.25, -0.2) is 0 Å². The Balaban J connectivity index is 1.49. The molecule has 1 N–H and O–H groups in total. The van der Waals surface area contributed by atoms with Crippen LogP contribution in [0, 0.1) is 0 Å². The second kappa shape index (κ2) is 7.01. The zero-order valence-electron chi connectivity index (χ0n) is 13.3. The summed E-state index contributed by atoms with van der Waals surface area (Å²) >= 11 is 0. The van der Waals surface area contributed by atoms with Crippen LogP contribution in [0.3, 0.4) is 0 Å². The standard InChI is InChI=1S/C17H24N2O3/c1-2-3-4-17(20)19-9-7-18(8-10-19)12-14-5-6-15-16(11-14)22-13-21-15/h5-6,11H,2-4,7-10,12-13H2,1H3/p+1. The Bertz CT molecular complexity index is 525. The van der Waals surface area contributed by atoms with Crippen LogP contribution in [0.5, 0.6) is 11.5 Å². The Kier molecular flexibility index (Phi) is 4.83. The van der Waals surface area contributed by atoms with Crippen molar-refractivity contribution in [3.63, 3.8) is 0 Å². The van der Waals surface area contributed by atoms with Gasteiger partial charge in [-0.15, -0.1) is 0 Å². The fourth-order valence-electron chi connectivity index (χ4n) is 3.07. The lowest BCUT2D eigenvalue weighted by atomic mass is 10.1. The molecule has 120 valence electrons. The molecule has 0 bridgehead atoms. The van der Waals surface area contributed by atoms with E-state index in [-0.39, 0.29) is 0 Å². The molecule has 1 saturated heterocycles. The zero-order chi connectivity index (χ0) is 15.4. The van der Waals surface area contributed by atoms with Crippen molar-refractivity contribution in [3.05, 3.63) is 23.8 Å². The maximum atomic E-state index is 12.0. The third-order valence-corrected chi connectivity index (χ3v) is 4.46. The maximum absolute atomic E-state index is 12.0. The van der Waals surface area contributed by atoms with Gasteiger partial charge in [0.1, 0.15) is 6.54 Å². The second-order valence-corrected chi connectivity index (χ2v) is 6.10. The fourth-order valence-corrected chi connectivity index (χ4v) is 3.07. The smallest absolute Gasteiger partial charge is 0.231 e. The molecule has 2 heterocycles. The van der Waals surface area contributed by atoms with Gasteiger partial charge in [-0.2, -0.15) is 0 Å². The van der Waals surface area contributed by atoms with Gasteiger partial charge in [0.2, 0.25) is 12.7 Å². The summed E-state index contributed by atoms with van der Waals surface area (Å²) < 4.78 is 10.8. The Labute approximate surface area is 131 Å². The highest BCUT2D eigenvalue weighted by atomic mass is 16.7. The average Bonchev–Trinajstić information content (AvgIpc) is 3.01. The number of nitrogens with one attached hydrogen (secondary N) is 1. The molecule has 0 spiro atoms. The van der Waals surface area contributed by atoms with Crippen LogP contribution >= 0.6 is 0 Å². The summed E-state index contributed by atoms with van der Waals surface area (Å²) in [6, 6.07) is 6.18. The highest BCUT2D eigenvalue weighted by molar-refractivity contribution is 5.76. The SMILES string of the molecule is CCCCC(=O)N1CC[NH+](Cc2ccc3c(c2)OCO3)CC1. The lowest BCUT2D eigenvalue weighted by Gasteiger charge is -2.32. The number of quaternary nitrogens is 1. The number of carbonyl (C=O) groups excluding carboxylic acids is 1. The molecule has 0 unspecified atom stereocenters. The average molecular weight is 305 g/mol. The first-order valence-corrected chi connectivity index (χ1v) is 8.26. The lowest BCUT2D eigenvalue weighted by molar-refractivity contribution is -0.917. The minimum Gasteiger partial charge on any atom is -0.454 e. The number of hydrogen-bond donors (Lipinski definition) is 1. The quantitative estimate of drug-likeness (QED) is 0.876. The van der Waals surface area contributed by atoms with E-state index in [4.69, 9.17) is 9.47 Å². The number of piperazine rings is 1. The van der Waals surface area contributed by atoms with Crippen LogP contribution < -0.4 is 14.4 Å². The topological polar surface area (TPSA) is 43.2 Å². The molecular weight excluding hydrogens is 280 g/mol. The van der Waals surface area contributed by atoms with Crippen molar-refractivity contribution in [2.45, 2.75) is 32.7 Å². The monoisotopic (exact) mass is 305 g/mol. The molecule has 0 aromatic heterocycles. The number of nitrogens with zero attached hydrogens (tertiary/aromatic N) is 1. The predicted octanol–water partition coefficient (Wildman–Crippen LogP) is 0.833. The number of amides is 1. The molecule has 1 aromatic rings. The van der Waals surface area contributed by atoms with Crippen LogP contribution in [0.25, 0.3) is 0 Å². The van der Waals surface area contributed by atoms with Gasteiger partial charge in [-0.3, -0.25) is 4.79 Å². The van der Waals surface area contributed by atoms with E-state index in [2.05, 4.69) is 19.1 Å². The van der Waals surface area contributed by atoms with E-state index in [1.807, 2.05) is 11.0 Å². The number of hydrogen-bond acceptors (Lipinski definition) is 3. The minimum atomic E-state index is 0.323. The number of unbranched alkanes of at least 4 members (excludes halogenated alkanes) is 1. The van der Waals surface area contributed by atoms with E-state index >= 15 is 0 Å². The molecule has 3 rings (SSSR count). The van der Waals surface area contributed by atoms with E-state index in [1.165, 1.54) is 10.5 Å². The molecule has 0 saturated carbocycles. The molecule has 1 fully saturated rings. The van der Waals surface area contributed by atoms with Gasteiger partial charge in [0.05, 0.1) is 26.2 Å². The molecule has 2 aliphatic heterocycles. The molecule has 22 heavy (non-hydrogen) atoms. The van der Waals surface area contributed by atoms with Crippen molar-refractivity contribution in [1.29, 1.82) is 0 Å². The number of carbonyl (C=O) groups is 1. The molecule has 1 aromatic carbocycles. The van der Waals surface area contributed by atoms with Crippen molar-refractivity contribution in [3.8, 4) is 11.5 Å². The molecule has 5 nitrogen and oxygen atoms in total. The van der Waals surface area contributed by atoms with E-state index < -0.39 is 0 Å². The van der Waals surface area contributed by atoms with Crippen molar-refractivity contribution < 1.29 is 19.2 Å². The number of benzene rings is 1. The molecule has 0 atom stereocenters. The van der Waals surface area contributed by atoms with E-state index in [0.717, 1.165) is 57.1 Å². The van der Waals surface area contributed by atoms with Crippen LogP contribution in [0.4, 0.5) is 0 Å². The van der Waals surface area contributed by atoms with Crippen molar-refractivity contribution in [2.24, 2.45) is 0 Å². The van der Waals surface area contributed by atoms with Crippen LogP contribution in [0.15, 0.2) is 18.2 Å². The fraction of sp³-hybridized carbons (Fsp3) is 0.588. The van der Waals surface area contributed by atoms with Gasteiger partial charge in [-0.05, 0) is 24.6 Å². The Hall–Kier alpha value is -1.75. The highest BCUT2D eigenvalue weighted by Crippen LogP contribution is 2.32. The summed E-state index contributed by atoms with van der Waals surface area (Å²) in [5, 5.41) is 0. The van der Waals surface area contributed by atoms with Gasteiger partial charge < -0.3 is 19.3 Å². The normalized spacial score (nSPS) is 17.8. The largest absolute Gasteiger partial charge is 0.454 e. The first-order chi connectivity index (χ1) is 10.8. The van der Waals surface area contributed by atoms with Crippen LogP contribution in [0.2, 0.25) is 0 Å². The predicted molar refractivity (Wildman–Crippen MR) is 83.1 cm³/mol. The van der Waals surface area contributed by atoms with Gasteiger partial charge in [0.25, 0.3) is 0 Å². The Morgan fingerprint density at radius 2 is 2.00 bits per heavy atom. The van der Waals surface area contributed by atoms with E-state index in [9.17, 15) is 4.79 Å². The summed E-state index contributed by atoms with van der Waals surface area (Å²) in [4.78, 5) is 15.6. The first-order valence-electron chi connectivity index (χ1n) is 8.26. The van der Waals surface area contributed by atoms with Crippen LogP contribution in [-0.2, 0) is 11.3 Å². The third-order valence-electron chi connectivity index (χ3n) is 4.46.